The molecule has 0 saturated carbocycles. The highest BCUT2D eigenvalue weighted by atomic mass is 32.2. The molecule has 0 aliphatic heterocycles. The molecule has 1 aliphatic rings. The number of amides is 2. The highest BCUT2D eigenvalue weighted by Gasteiger charge is 2.58. The molecule has 1 atom stereocenters. The van der Waals surface area contributed by atoms with E-state index in [0.29, 0.717) is 20.3 Å². The minimum Gasteiger partial charge on any atom is -0.504 e. The Labute approximate surface area is 166 Å². The van der Waals surface area contributed by atoms with Crippen molar-refractivity contribution in [3.05, 3.63) is 29.3 Å². The molecule has 0 radical (unpaired) electrons. The Kier molecular flexibility index (Phi) is 5.90. The number of sulfone groups is 1. The summed E-state index contributed by atoms with van der Waals surface area (Å²) in [5.74, 6) is -1.13. The van der Waals surface area contributed by atoms with Gasteiger partial charge in [0.2, 0.25) is 0 Å². The average molecular weight is 431 g/mol. The van der Waals surface area contributed by atoms with E-state index in [2.05, 4.69) is 10.6 Å². The van der Waals surface area contributed by atoms with Gasteiger partial charge in [-0.2, -0.15) is 18.4 Å². The molecule has 2 amide bonds. The molecule has 3 N–H and O–H groups in total. The molecule has 0 aromatic heterocycles. The topological polar surface area (TPSA) is 119 Å². The quantitative estimate of drug-likeness (QED) is 0.497. The number of rotatable bonds is 4. The Morgan fingerprint density at radius 3 is 2.41 bits per heavy atom. The molecule has 0 bridgehead atoms. The summed E-state index contributed by atoms with van der Waals surface area (Å²) >= 11 is 0. The van der Waals surface area contributed by atoms with Crippen LogP contribution in [0.25, 0.3) is 0 Å². The molecule has 1 aliphatic carbocycles. The summed E-state index contributed by atoms with van der Waals surface area (Å²) in [5, 5.41) is 24.4. The van der Waals surface area contributed by atoms with Crippen LogP contribution in [0.15, 0.2) is 28.7 Å². The van der Waals surface area contributed by atoms with Gasteiger partial charge in [-0.05, 0) is 45.7 Å². The Balaban J connectivity index is 2.46. The van der Waals surface area contributed by atoms with Gasteiger partial charge in [-0.25, -0.2) is 13.2 Å². The van der Waals surface area contributed by atoms with Crippen molar-refractivity contribution in [3.63, 3.8) is 0 Å². The molecule has 0 fully saturated rings. The van der Waals surface area contributed by atoms with Gasteiger partial charge in [0.15, 0.2) is 20.3 Å². The lowest BCUT2D eigenvalue weighted by atomic mass is 10.1. The van der Waals surface area contributed by atoms with Crippen LogP contribution in [0.1, 0.15) is 39.2 Å². The highest BCUT2D eigenvalue weighted by Crippen LogP contribution is 2.45. The Hall–Kier alpha value is -2.74. The molecule has 11 heteroatoms. The Bertz CT molecular complexity index is 1010. The SMILES string of the molecule is CC1=CCCC1NC(=O)Nc1ccc(C#N)c(S(=O)(=O)C(C)(C)C(F)(F)F)c1O. The number of hydrogen-bond donors (Lipinski definition) is 3. The van der Waals surface area contributed by atoms with Gasteiger partial charge in [-0.1, -0.05) is 11.6 Å². The maximum Gasteiger partial charge on any atom is 0.408 e. The number of phenols is 1. The van der Waals surface area contributed by atoms with Crippen molar-refractivity contribution in [3.8, 4) is 11.8 Å². The van der Waals surface area contributed by atoms with E-state index in [1.165, 1.54) is 6.07 Å². The van der Waals surface area contributed by atoms with Crippen molar-refractivity contribution in [2.45, 2.75) is 55.5 Å². The largest absolute Gasteiger partial charge is 0.504 e. The molecule has 0 heterocycles. The Morgan fingerprint density at radius 2 is 1.93 bits per heavy atom. The molecule has 2 rings (SSSR count). The fourth-order valence-corrected chi connectivity index (χ4v) is 4.37. The van der Waals surface area contributed by atoms with E-state index >= 15 is 0 Å². The first kappa shape index (κ1) is 22.5. The summed E-state index contributed by atoms with van der Waals surface area (Å²) in [6.45, 7) is 2.69. The first-order chi connectivity index (χ1) is 13.2. The number of urea groups is 1. The number of nitrogens with one attached hydrogen (secondary N) is 2. The zero-order chi connectivity index (χ0) is 22.2. The normalized spacial score (nSPS) is 17.4. The number of phenolic OH excluding ortho intramolecular Hbond substituents is 1. The molecular weight excluding hydrogens is 411 g/mol. The third-order valence-corrected chi connectivity index (χ3v) is 7.43. The van der Waals surface area contributed by atoms with Gasteiger partial charge < -0.3 is 15.7 Å². The molecule has 7 nitrogen and oxygen atoms in total. The number of allylic oxidation sites excluding steroid dienone is 1. The summed E-state index contributed by atoms with van der Waals surface area (Å²) < 4.78 is 62.1. The number of halogens is 3. The number of aromatic hydroxyl groups is 1. The fourth-order valence-electron chi connectivity index (χ4n) is 2.79. The molecular formula is C18H20F3N3O4S. The van der Waals surface area contributed by atoms with E-state index in [-0.39, 0.29) is 6.04 Å². The van der Waals surface area contributed by atoms with Crippen LogP contribution in [0.2, 0.25) is 0 Å². The molecule has 1 aromatic rings. The molecule has 0 spiro atoms. The predicted octanol–water partition coefficient (Wildman–Crippen LogP) is 3.61. The van der Waals surface area contributed by atoms with Gasteiger partial charge in [0, 0.05) is 0 Å². The number of hydrogen-bond acceptors (Lipinski definition) is 5. The van der Waals surface area contributed by atoms with Crippen molar-refractivity contribution in [1.82, 2.24) is 5.32 Å². The number of anilines is 1. The lowest BCUT2D eigenvalue weighted by Crippen LogP contribution is -2.46. The van der Waals surface area contributed by atoms with Crippen LogP contribution in [-0.4, -0.2) is 36.5 Å². The summed E-state index contributed by atoms with van der Waals surface area (Å²) in [4.78, 5) is 11.0. The summed E-state index contributed by atoms with van der Waals surface area (Å²) in [6, 6.07) is 2.42. The lowest BCUT2D eigenvalue weighted by molar-refractivity contribution is -0.153. The number of alkyl halides is 3. The maximum atomic E-state index is 13.3. The summed E-state index contributed by atoms with van der Waals surface area (Å²) in [5.41, 5.74) is -0.169. The van der Waals surface area contributed by atoms with E-state index in [1.807, 2.05) is 13.0 Å². The maximum absolute atomic E-state index is 13.3. The van der Waals surface area contributed by atoms with Crippen LogP contribution in [0, 0.1) is 11.3 Å². The number of nitriles is 1. The van der Waals surface area contributed by atoms with Gasteiger partial charge in [-0.3, -0.25) is 0 Å². The van der Waals surface area contributed by atoms with Gasteiger partial charge in [-0.15, -0.1) is 0 Å². The standard InChI is InChI=1S/C18H20F3N3O4S/c1-10-5-4-6-12(10)23-16(26)24-13-8-7-11(9-22)15(14(13)25)29(27,28)17(2,3)18(19,20)21/h5,7-8,12,25H,4,6H2,1-3H3,(H2,23,24,26). The van der Waals surface area contributed by atoms with Crippen molar-refractivity contribution >= 4 is 21.6 Å². The number of benzene rings is 1. The van der Waals surface area contributed by atoms with E-state index in [1.54, 1.807) is 0 Å². The van der Waals surface area contributed by atoms with Crippen LogP contribution >= 0.6 is 0 Å². The number of carbonyl (C=O) groups excluding carboxylic acids is 1. The third-order valence-electron chi connectivity index (χ3n) is 4.90. The predicted molar refractivity (Wildman–Crippen MR) is 99.1 cm³/mol. The van der Waals surface area contributed by atoms with Crippen molar-refractivity contribution in [1.29, 1.82) is 5.26 Å². The van der Waals surface area contributed by atoms with Gasteiger partial charge in [0.25, 0.3) is 0 Å². The zero-order valence-electron chi connectivity index (χ0n) is 15.9. The van der Waals surface area contributed by atoms with Crippen molar-refractivity contribution in [2.24, 2.45) is 0 Å². The highest BCUT2D eigenvalue weighted by molar-refractivity contribution is 7.93. The van der Waals surface area contributed by atoms with Crippen molar-refractivity contribution in [2.75, 3.05) is 5.32 Å². The second kappa shape index (κ2) is 7.59. The number of nitrogens with zero attached hydrogens (tertiary/aromatic N) is 1. The fraction of sp³-hybridized carbons (Fsp3) is 0.444. The van der Waals surface area contributed by atoms with Crippen LogP contribution in [0.4, 0.5) is 23.7 Å². The summed E-state index contributed by atoms with van der Waals surface area (Å²) in [7, 11) is -5.24. The van der Waals surface area contributed by atoms with E-state index in [9.17, 15) is 31.5 Å². The van der Waals surface area contributed by atoms with Crippen LogP contribution in [0.5, 0.6) is 5.75 Å². The van der Waals surface area contributed by atoms with Crippen molar-refractivity contribution < 1.29 is 31.5 Å². The zero-order valence-corrected chi connectivity index (χ0v) is 16.7. The smallest absolute Gasteiger partial charge is 0.408 e. The second-order valence-corrected chi connectivity index (χ2v) is 9.57. The van der Waals surface area contributed by atoms with E-state index < -0.39 is 48.7 Å². The monoisotopic (exact) mass is 431 g/mol. The van der Waals surface area contributed by atoms with Crippen LogP contribution < -0.4 is 10.6 Å². The van der Waals surface area contributed by atoms with Crippen LogP contribution in [0.3, 0.4) is 0 Å². The minimum atomic E-state index is -5.24. The number of carbonyl (C=O) groups is 1. The van der Waals surface area contributed by atoms with Gasteiger partial charge in [0.1, 0.15) is 11.0 Å². The summed E-state index contributed by atoms with van der Waals surface area (Å²) in [6.07, 6.45) is -1.79. The van der Waals surface area contributed by atoms with E-state index in [0.717, 1.165) is 24.1 Å². The third kappa shape index (κ3) is 4.03. The minimum absolute atomic E-state index is 0.247. The van der Waals surface area contributed by atoms with Gasteiger partial charge in [0.05, 0.1) is 17.3 Å². The molecule has 29 heavy (non-hydrogen) atoms. The van der Waals surface area contributed by atoms with E-state index in [4.69, 9.17) is 5.26 Å². The van der Waals surface area contributed by atoms with Crippen LogP contribution in [-0.2, 0) is 9.84 Å². The Morgan fingerprint density at radius 1 is 1.31 bits per heavy atom. The lowest BCUT2D eigenvalue weighted by Gasteiger charge is -2.28. The molecule has 158 valence electrons. The first-order valence-corrected chi connectivity index (χ1v) is 10.0. The first-order valence-electron chi connectivity index (χ1n) is 8.55. The average Bonchev–Trinajstić information content (AvgIpc) is 2.99. The molecule has 1 aromatic carbocycles. The second-order valence-electron chi connectivity index (χ2n) is 7.14. The molecule has 1 unspecified atom stereocenters. The molecule has 0 saturated heterocycles. The van der Waals surface area contributed by atoms with Gasteiger partial charge >= 0.3 is 12.2 Å².